The van der Waals surface area contributed by atoms with Crippen LogP contribution in [0.5, 0.6) is 11.5 Å². The van der Waals surface area contributed by atoms with Crippen molar-refractivity contribution in [3.63, 3.8) is 0 Å². The molecule has 8 heteroatoms. The minimum atomic E-state index is -0.639. The first-order chi connectivity index (χ1) is 15.1. The summed E-state index contributed by atoms with van der Waals surface area (Å²) < 4.78 is 26.5. The highest BCUT2D eigenvalue weighted by molar-refractivity contribution is 6.03. The molecule has 0 aromatic heterocycles. The predicted octanol–water partition coefficient (Wildman–Crippen LogP) is 3.06. The molecule has 1 aliphatic heterocycles. The molecule has 0 amide bonds. The molecule has 0 fully saturated rings. The van der Waals surface area contributed by atoms with Crippen molar-refractivity contribution in [3.05, 3.63) is 65.4 Å². The molecule has 1 aliphatic rings. The predicted molar refractivity (Wildman–Crippen MR) is 113 cm³/mol. The van der Waals surface area contributed by atoms with Gasteiger partial charge in [0.2, 0.25) is 0 Å². The average Bonchev–Trinajstić information content (AvgIpc) is 2.82. The average molecular weight is 427 g/mol. The fourth-order valence-electron chi connectivity index (χ4n) is 3.13. The SMILES string of the molecule is CCOc1ccc(OCc2cccc(N3COCC(C(=O)OC)=C3C(=O)OC)c2)cc1. The number of hydrogen-bond donors (Lipinski definition) is 0. The monoisotopic (exact) mass is 427 g/mol. The molecule has 0 bridgehead atoms. The molecular weight excluding hydrogens is 402 g/mol. The van der Waals surface area contributed by atoms with Crippen LogP contribution in [0.25, 0.3) is 0 Å². The minimum absolute atomic E-state index is 0.0336. The second-order valence-corrected chi connectivity index (χ2v) is 6.58. The Balaban J connectivity index is 1.80. The van der Waals surface area contributed by atoms with Crippen LogP contribution in [0.15, 0.2) is 59.8 Å². The van der Waals surface area contributed by atoms with Gasteiger partial charge in [-0.1, -0.05) is 12.1 Å². The molecule has 0 unspecified atom stereocenters. The van der Waals surface area contributed by atoms with Gasteiger partial charge in [0, 0.05) is 5.69 Å². The first kappa shape index (κ1) is 22.2. The van der Waals surface area contributed by atoms with Crippen LogP contribution in [0.4, 0.5) is 5.69 Å². The number of carbonyl (C=O) groups is 2. The van der Waals surface area contributed by atoms with E-state index in [1.54, 1.807) is 4.90 Å². The van der Waals surface area contributed by atoms with E-state index in [-0.39, 0.29) is 24.6 Å². The van der Waals surface area contributed by atoms with E-state index in [9.17, 15) is 9.59 Å². The van der Waals surface area contributed by atoms with Crippen LogP contribution >= 0.6 is 0 Å². The van der Waals surface area contributed by atoms with Gasteiger partial charge in [0.05, 0.1) is 33.0 Å². The molecule has 8 nitrogen and oxygen atoms in total. The number of ether oxygens (including phenoxy) is 5. The number of anilines is 1. The van der Waals surface area contributed by atoms with Gasteiger partial charge in [-0.25, -0.2) is 9.59 Å². The summed E-state index contributed by atoms with van der Waals surface area (Å²) in [6.45, 7) is 2.91. The van der Waals surface area contributed by atoms with E-state index in [0.717, 1.165) is 11.3 Å². The van der Waals surface area contributed by atoms with Crippen molar-refractivity contribution < 1.29 is 33.3 Å². The molecule has 31 heavy (non-hydrogen) atoms. The van der Waals surface area contributed by atoms with E-state index in [1.807, 2.05) is 55.5 Å². The van der Waals surface area contributed by atoms with Gasteiger partial charge in [-0.15, -0.1) is 0 Å². The topological polar surface area (TPSA) is 83.5 Å². The fourth-order valence-corrected chi connectivity index (χ4v) is 3.13. The van der Waals surface area contributed by atoms with Crippen molar-refractivity contribution >= 4 is 17.6 Å². The highest BCUT2D eigenvalue weighted by atomic mass is 16.5. The Hall–Kier alpha value is -3.52. The number of nitrogens with zero attached hydrogens (tertiary/aromatic N) is 1. The Morgan fingerprint density at radius 3 is 2.29 bits per heavy atom. The second-order valence-electron chi connectivity index (χ2n) is 6.58. The number of methoxy groups -OCH3 is 2. The van der Waals surface area contributed by atoms with Crippen LogP contribution in [0.3, 0.4) is 0 Å². The van der Waals surface area contributed by atoms with Crippen LogP contribution in [-0.4, -0.2) is 46.1 Å². The molecule has 0 atom stereocenters. The van der Waals surface area contributed by atoms with E-state index in [4.69, 9.17) is 23.7 Å². The smallest absolute Gasteiger partial charge is 0.355 e. The molecule has 0 radical (unpaired) electrons. The fraction of sp³-hybridized carbons (Fsp3) is 0.304. The zero-order valence-electron chi connectivity index (χ0n) is 17.8. The maximum absolute atomic E-state index is 12.4. The van der Waals surface area contributed by atoms with Crippen molar-refractivity contribution in [1.29, 1.82) is 0 Å². The molecule has 164 valence electrons. The molecule has 0 aliphatic carbocycles. The number of rotatable bonds is 8. The molecule has 0 saturated heterocycles. The Bertz CT molecular complexity index is 953. The molecule has 0 spiro atoms. The highest BCUT2D eigenvalue weighted by Gasteiger charge is 2.32. The number of hydrogen-bond acceptors (Lipinski definition) is 8. The molecular formula is C23H25NO7. The Kier molecular flexibility index (Phi) is 7.50. The van der Waals surface area contributed by atoms with E-state index in [1.165, 1.54) is 14.2 Å². The molecule has 0 N–H and O–H groups in total. The lowest BCUT2D eigenvalue weighted by Gasteiger charge is -2.31. The van der Waals surface area contributed by atoms with Gasteiger partial charge in [-0.2, -0.15) is 0 Å². The Morgan fingerprint density at radius 1 is 0.968 bits per heavy atom. The number of carbonyl (C=O) groups excluding carboxylic acids is 2. The molecule has 0 saturated carbocycles. The van der Waals surface area contributed by atoms with Crippen molar-refractivity contribution in [2.75, 3.05) is 39.1 Å². The van der Waals surface area contributed by atoms with Gasteiger partial charge in [0.1, 0.15) is 30.5 Å². The van der Waals surface area contributed by atoms with E-state index < -0.39 is 11.9 Å². The third-order valence-corrected chi connectivity index (χ3v) is 4.60. The summed E-state index contributed by atoms with van der Waals surface area (Å²) in [5.74, 6) is 0.212. The lowest BCUT2D eigenvalue weighted by atomic mass is 10.1. The van der Waals surface area contributed by atoms with Crippen LogP contribution in [0.1, 0.15) is 12.5 Å². The van der Waals surface area contributed by atoms with Gasteiger partial charge in [0.15, 0.2) is 0 Å². The maximum Gasteiger partial charge on any atom is 0.355 e. The first-order valence-electron chi connectivity index (χ1n) is 9.77. The van der Waals surface area contributed by atoms with E-state index in [0.29, 0.717) is 24.7 Å². The van der Waals surface area contributed by atoms with Gasteiger partial charge in [-0.3, -0.25) is 0 Å². The summed E-state index contributed by atoms with van der Waals surface area (Å²) in [5, 5.41) is 0. The second kappa shape index (κ2) is 10.5. The zero-order chi connectivity index (χ0) is 22.2. The van der Waals surface area contributed by atoms with Crippen LogP contribution in [0.2, 0.25) is 0 Å². The maximum atomic E-state index is 12.4. The van der Waals surface area contributed by atoms with Crippen molar-refractivity contribution in [2.24, 2.45) is 0 Å². The molecule has 2 aromatic carbocycles. The van der Waals surface area contributed by atoms with Gasteiger partial charge in [-0.05, 0) is 48.9 Å². The third-order valence-electron chi connectivity index (χ3n) is 4.60. The van der Waals surface area contributed by atoms with Crippen LogP contribution < -0.4 is 14.4 Å². The van der Waals surface area contributed by atoms with Crippen LogP contribution in [0, 0.1) is 0 Å². The lowest BCUT2D eigenvalue weighted by Crippen LogP contribution is -2.38. The quantitative estimate of drug-likeness (QED) is 0.595. The van der Waals surface area contributed by atoms with Gasteiger partial charge < -0.3 is 28.6 Å². The standard InChI is InChI=1S/C23H25NO7/c1-4-30-18-8-10-19(11-9-18)31-13-16-6-5-7-17(12-16)24-15-29-14-20(22(25)27-2)21(24)23(26)28-3/h5-12H,4,13-15H2,1-3H3. The normalized spacial score (nSPS) is 13.6. The highest BCUT2D eigenvalue weighted by Crippen LogP contribution is 2.28. The molecule has 1 heterocycles. The summed E-state index contributed by atoms with van der Waals surface area (Å²) in [4.78, 5) is 26.2. The van der Waals surface area contributed by atoms with Crippen molar-refractivity contribution in [2.45, 2.75) is 13.5 Å². The largest absolute Gasteiger partial charge is 0.494 e. The summed E-state index contributed by atoms with van der Waals surface area (Å²) in [6.07, 6.45) is 0. The molecule has 2 aromatic rings. The summed E-state index contributed by atoms with van der Waals surface area (Å²) >= 11 is 0. The number of benzene rings is 2. The van der Waals surface area contributed by atoms with Crippen LogP contribution in [-0.2, 0) is 30.4 Å². The molecule has 3 rings (SSSR count). The van der Waals surface area contributed by atoms with Gasteiger partial charge in [0.25, 0.3) is 0 Å². The lowest BCUT2D eigenvalue weighted by molar-refractivity contribution is -0.140. The van der Waals surface area contributed by atoms with E-state index in [2.05, 4.69) is 0 Å². The Morgan fingerprint density at radius 2 is 1.65 bits per heavy atom. The van der Waals surface area contributed by atoms with E-state index >= 15 is 0 Å². The summed E-state index contributed by atoms with van der Waals surface area (Å²) in [6, 6.07) is 14.8. The van der Waals surface area contributed by atoms with Crippen molar-refractivity contribution in [3.8, 4) is 11.5 Å². The van der Waals surface area contributed by atoms with Gasteiger partial charge >= 0.3 is 11.9 Å². The number of esters is 2. The van der Waals surface area contributed by atoms with Crippen molar-refractivity contribution in [1.82, 2.24) is 0 Å². The first-order valence-corrected chi connectivity index (χ1v) is 9.77. The third kappa shape index (κ3) is 5.35. The summed E-state index contributed by atoms with van der Waals surface area (Å²) in [7, 11) is 2.51. The minimum Gasteiger partial charge on any atom is -0.494 e. The Labute approximate surface area is 180 Å². The summed E-state index contributed by atoms with van der Waals surface area (Å²) in [5.41, 5.74) is 1.75. The zero-order valence-corrected chi connectivity index (χ0v) is 17.8.